The minimum absolute atomic E-state index is 0.173. The zero-order valence-electron chi connectivity index (χ0n) is 10.0. The fourth-order valence-electron chi connectivity index (χ4n) is 3.22. The first-order valence-corrected chi connectivity index (χ1v) is 6.48. The van der Waals surface area contributed by atoms with Gasteiger partial charge in [0, 0.05) is 25.2 Å². The summed E-state index contributed by atoms with van der Waals surface area (Å²) in [5, 5.41) is 10.0. The molecule has 2 aliphatic rings. The standard InChI is InChI=1S/C14H20N2O/c15-12-7-13(14(17)8-12)16-6-5-10-3-1-2-4-11(10)9-16/h1-4,12-14,17H,5-9,15H2/t12?,13-,14?/m0/s1. The second-order valence-electron chi connectivity index (χ2n) is 5.36. The number of hydrogen-bond donors (Lipinski definition) is 2. The molecule has 0 amide bonds. The molecule has 17 heavy (non-hydrogen) atoms. The summed E-state index contributed by atoms with van der Waals surface area (Å²) in [6.07, 6.45) is 2.54. The molecular weight excluding hydrogens is 212 g/mol. The molecule has 0 aromatic heterocycles. The third kappa shape index (κ3) is 2.10. The first-order valence-electron chi connectivity index (χ1n) is 6.48. The van der Waals surface area contributed by atoms with Gasteiger partial charge in [0.2, 0.25) is 0 Å². The molecule has 1 aromatic carbocycles. The molecule has 2 unspecified atom stereocenters. The molecule has 3 heteroatoms. The summed E-state index contributed by atoms with van der Waals surface area (Å²) in [5.41, 5.74) is 8.80. The van der Waals surface area contributed by atoms with Crippen molar-refractivity contribution < 1.29 is 5.11 Å². The average molecular weight is 232 g/mol. The van der Waals surface area contributed by atoms with Crippen LogP contribution in [0.25, 0.3) is 0 Å². The summed E-state index contributed by atoms with van der Waals surface area (Å²) in [6.45, 7) is 2.01. The quantitative estimate of drug-likeness (QED) is 0.756. The Hall–Kier alpha value is -0.900. The first kappa shape index (κ1) is 11.2. The highest BCUT2D eigenvalue weighted by Crippen LogP contribution is 2.28. The summed E-state index contributed by atoms with van der Waals surface area (Å²) < 4.78 is 0. The molecule has 0 saturated heterocycles. The lowest BCUT2D eigenvalue weighted by Crippen LogP contribution is -2.43. The van der Waals surface area contributed by atoms with E-state index in [4.69, 9.17) is 5.73 Å². The molecule has 1 fully saturated rings. The largest absolute Gasteiger partial charge is 0.391 e. The summed E-state index contributed by atoms with van der Waals surface area (Å²) in [5.74, 6) is 0. The summed E-state index contributed by atoms with van der Waals surface area (Å²) in [4.78, 5) is 2.40. The van der Waals surface area contributed by atoms with E-state index < -0.39 is 0 Å². The first-order chi connectivity index (χ1) is 8.24. The Morgan fingerprint density at radius 3 is 2.65 bits per heavy atom. The van der Waals surface area contributed by atoms with Crippen LogP contribution in [0.2, 0.25) is 0 Å². The van der Waals surface area contributed by atoms with E-state index in [-0.39, 0.29) is 18.2 Å². The van der Waals surface area contributed by atoms with Gasteiger partial charge in [0.15, 0.2) is 0 Å². The monoisotopic (exact) mass is 232 g/mol. The van der Waals surface area contributed by atoms with E-state index in [9.17, 15) is 5.11 Å². The Labute approximate surface area is 102 Å². The minimum atomic E-state index is -0.240. The molecule has 1 aromatic rings. The number of aliphatic hydroxyl groups is 1. The van der Waals surface area contributed by atoms with Crippen LogP contribution in [0.1, 0.15) is 24.0 Å². The molecule has 0 bridgehead atoms. The van der Waals surface area contributed by atoms with E-state index >= 15 is 0 Å². The van der Waals surface area contributed by atoms with Crippen LogP contribution in [0, 0.1) is 0 Å². The van der Waals surface area contributed by atoms with E-state index in [2.05, 4.69) is 29.2 Å². The number of nitrogens with two attached hydrogens (primary N) is 1. The van der Waals surface area contributed by atoms with Crippen LogP contribution in [0.15, 0.2) is 24.3 Å². The molecule has 3 nitrogen and oxygen atoms in total. The summed E-state index contributed by atoms with van der Waals surface area (Å²) in [7, 11) is 0. The lowest BCUT2D eigenvalue weighted by atomic mass is 9.98. The van der Waals surface area contributed by atoms with E-state index in [0.717, 1.165) is 32.4 Å². The maximum absolute atomic E-state index is 10.0. The van der Waals surface area contributed by atoms with Crippen molar-refractivity contribution in [1.82, 2.24) is 4.90 Å². The molecule has 92 valence electrons. The molecular formula is C14H20N2O. The van der Waals surface area contributed by atoms with Gasteiger partial charge >= 0.3 is 0 Å². The SMILES string of the molecule is NC1CC(O)[C@@H](N2CCc3ccccc3C2)C1. The average Bonchev–Trinajstić information content (AvgIpc) is 2.68. The second-order valence-corrected chi connectivity index (χ2v) is 5.36. The Bertz CT molecular complexity index is 407. The van der Waals surface area contributed by atoms with Crippen molar-refractivity contribution in [2.45, 2.75) is 44.0 Å². The number of aliphatic hydroxyl groups excluding tert-OH is 1. The topological polar surface area (TPSA) is 49.5 Å². The van der Waals surface area contributed by atoms with Gasteiger partial charge in [-0.25, -0.2) is 0 Å². The molecule has 1 aliphatic heterocycles. The van der Waals surface area contributed by atoms with Crippen molar-refractivity contribution in [2.24, 2.45) is 5.73 Å². The molecule has 3 N–H and O–H groups in total. The fraction of sp³-hybridized carbons (Fsp3) is 0.571. The molecule has 1 heterocycles. The van der Waals surface area contributed by atoms with Crippen molar-refractivity contribution in [1.29, 1.82) is 0 Å². The van der Waals surface area contributed by atoms with Gasteiger partial charge in [-0.2, -0.15) is 0 Å². The van der Waals surface area contributed by atoms with Gasteiger partial charge in [0.05, 0.1) is 6.10 Å². The third-order valence-electron chi connectivity index (χ3n) is 4.16. The van der Waals surface area contributed by atoms with E-state index in [1.807, 2.05) is 0 Å². The third-order valence-corrected chi connectivity index (χ3v) is 4.16. The smallest absolute Gasteiger partial charge is 0.0710 e. The van der Waals surface area contributed by atoms with Gasteiger partial charge in [-0.15, -0.1) is 0 Å². The van der Waals surface area contributed by atoms with Crippen LogP contribution >= 0.6 is 0 Å². The maximum atomic E-state index is 10.0. The van der Waals surface area contributed by atoms with Gasteiger partial charge in [-0.05, 0) is 30.4 Å². The van der Waals surface area contributed by atoms with Crippen LogP contribution in [0.4, 0.5) is 0 Å². The number of fused-ring (bicyclic) bond motifs is 1. The number of benzene rings is 1. The van der Waals surface area contributed by atoms with Crippen LogP contribution < -0.4 is 5.73 Å². The highest BCUT2D eigenvalue weighted by atomic mass is 16.3. The van der Waals surface area contributed by atoms with Crippen LogP contribution in [-0.4, -0.2) is 34.7 Å². The van der Waals surface area contributed by atoms with E-state index in [1.54, 1.807) is 0 Å². The van der Waals surface area contributed by atoms with Gasteiger partial charge < -0.3 is 10.8 Å². The second kappa shape index (κ2) is 4.41. The Kier molecular flexibility index (Phi) is 2.90. The highest BCUT2D eigenvalue weighted by molar-refractivity contribution is 5.29. The zero-order chi connectivity index (χ0) is 11.8. The highest BCUT2D eigenvalue weighted by Gasteiger charge is 2.36. The molecule has 0 radical (unpaired) electrons. The fourth-order valence-corrected chi connectivity index (χ4v) is 3.22. The Morgan fingerprint density at radius 2 is 1.94 bits per heavy atom. The molecule has 3 rings (SSSR count). The van der Waals surface area contributed by atoms with Gasteiger partial charge in [0.1, 0.15) is 0 Å². The molecule has 1 saturated carbocycles. The van der Waals surface area contributed by atoms with Gasteiger partial charge in [-0.1, -0.05) is 24.3 Å². The minimum Gasteiger partial charge on any atom is -0.391 e. The van der Waals surface area contributed by atoms with Crippen LogP contribution in [0.3, 0.4) is 0 Å². The molecule has 1 aliphatic carbocycles. The van der Waals surface area contributed by atoms with Crippen molar-refractivity contribution in [3.05, 3.63) is 35.4 Å². The van der Waals surface area contributed by atoms with Crippen molar-refractivity contribution >= 4 is 0 Å². The van der Waals surface area contributed by atoms with Gasteiger partial charge in [0.25, 0.3) is 0 Å². The number of nitrogens with zero attached hydrogens (tertiary/aromatic N) is 1. The lowest BCUT2D eigenvalue weighted by molar-refractivity contribution is 0.0626. The van der Waals surface area contributed by atoms with E-state index in [1.165, 1.54) is 11.1 Å². The van der Waals surface area contributed by atoms with Crippen molar-refractivity contribution in [3.63, 3.8) is 0 Å². The number of hydrogen-bond acceptors (Lipinski definition) is 3. The predicted molar refractivity (Wildman–Crippen MR) is 67.6 cm³/mol. The molecule has 0 spiro atoms. The maximum Gasteiger partial charge on any atom is 0.0710 e. The number of rotatable bonds is 1. The summed E-state index contributed by atoms with van der Waals surface area (Å²) >= 11 is 0. The Morgan fingerprint density at radius 1 is 1.18 bits per heavy atom. The zero-order valence-corrected chi connectivity index (χ0v) is 10.0. The normalized spacial score (nSPS) is 33.6. The van der Waals surface area contributed by atoms with Gasteiger partial charge in [-0.3, -0.25) is 4.90 Å². The molecule has 3 atom stereocenters. The predicted octanol–water partition coefficient (Wildman–Crippen LogP) is 0.895. The van der Waals surface area contributed by atoms with Crippen LogP contribution in [0.5, 0.6) is 0 Å². The lowest BCUT2D eigenvalue weighted by Gasteiger charge is -2.35. The van der Waals surface area contributed by atoms with E-state index in [0.29, 0.717) is 0 Å². The van der Waals surface area contributed by atoms with Crippen molar-refractivity contribution in [3.8, 4) is 0 Å². The van der Waals surface area contributed by atoms with Crippen LogP contribution in [-0.2, 0) is 13.0 Å². The van der Waals surface area contributed by atoms with Crippen molar-refractivity contribution in [2.75, 3.05) is 6.54 Å². The Balaban J connectivity index is 1.76. The summed E-state index contributed by atoms with van der Waals surface area (Å²) in [6, 6.07) is 9.05.